The predicted molar refractivity (Wildman–Crippen MR) is 75.9 cm³/mol. The number of fused-ring (bicyclic) bond motifs is 2. The Morgan fingerprint density at radius 1 is 1.26 bits per heavy atom. The van der Waals surface area contributed by atoms with Crippen molar-refractivity contribution in [2.24, 2.45) is 5.92 Å². The van der Waals surface area contributed by atoms with Gasteiger partial charge in [-0.3, -0.25) is 0 Å². The Labute approximate surface area is 122 Å². The molecule has 2 bridgehead atoms. The van der Waals surface area contributed by atoms with Crippen LogP contribution in [0.2, 0.25) is 10.0 Å². The third-order valence-electron chi connectivity index (χ3n) is 4.04. The number of nitrogens with zero attached hydrogens (tertiary/aromatic N) is 1. The Kier molecular flexibility index (Phi) is 3.21. The van der Waals surface area contributed by atoms with Gasteiger partial charge in [0.1, 0.15) is 4.90 Å². The van der Waals surface area contributed by atoms with E-state index in [1.807, 2.05) is 0 Å². The van der Waals surface area contributed by atoms with Crippen LogP contribution >= 0.6 is 23.2 Å². The summed E-state index contributed by atoms with van der Waals surface area (Å²) in [4.78, 5) is 0.0589. The van der Waals surface area contributed by atoms with Gasteiger partial charge in [0, 0.05) is 12.6 Å². The van der Waals surface area contributed by atoms with Crippen LogP contribution in [0.25, 0.3) is 0 Å². The fourth-order valence-electron chi connectivity index (χ4n) is 3.05. The molecule has 1 aliphatic carbocycles. The van der Waals surface area contributed by atoms with E-state index in [0.717, 1.165) is 19.3 Å². The minimum atomic E-state index is -3.58. The van der Waals surface area contributed by atoms with Crippen LogP contribution in [0.15, 0.2) is 17.0 Å². The molecule has 19 heavy (non-hydrogen) atoms. The summed E-state index contributed by atoms with van der Waals surface area (Å²) in [6.45, 7) is 0.589. The molecule has 104 valence electrons. The summed E-state index contributed by atoms with van der Waals surface area (Å²) in [6.07, 6.45) is 3.01. The van der Waals surface area contributed by atoms with Gasteiger partial charge < -0.3 is 5.73 Å². The number of nitrogen functional groups attached to an aromatic ring is 1. The first kappa shape index (κ1) is 13.5. The Morgan fingerprint density at radius 2 is 2.00 bits per heavy atom. The molecular weight excluding hydrogens is 307 g/mol. The van der Waals surface area contributed by atoms with Crippen molar-refractivity contribution < 1.29 is 8.42 Å². The topological polar surface area (TPSA) is 63.4 Å². The molecule has 7 heteroatoms. The Bertz CT molecular complexity index is 633. The van der Waals surface area contributed by atoms with E-state index in [9.17, 15) is 8.42 Å². The summed E-state index contributed by atoms with van der Waals surface area (Å²) in [5.41, 5.74) is 5.83. The number of rotatable bonds is 2. The third-order valence-corrected chi connectivity index (χ3v) is 6.85. The second-order valence-electron chi connectivity index (χ2n) is 5.18. The van der Waals surface area contributed by atoms with Crippen molar-refractivity contribution in [3.05, 3.63) is 22.2 Å². The highest BCUT2D eigenvalue weighted by Gasteiger charge is 2.44. The van der Waals surface area contributed by atoms with Crippen LogP contribution in [0, 0.1) is 5.92 Å². The number of anilines is 1. The lowest BCUT2D eigenvalue weighted by Crippen LogP contribution is -2.37. The van der Waals surface area contributed by atoms with Crippen molar-refractivity contribution >= 4 is 38.9 Å². The van der Waals surface area contributed by atoms with Gasteiger partial charge in [-0.25, -0.2) is 8.42 Å². The van der Waals surface area contributed by atoms with Crippen LogP contribution in [0.1, 0.15) is 19.3 Å². The number of benzene rings is 1. The van der Waals surface area contributed by atoms with E-state index in [0.29, 0.717) is 12.5 Å². The van der Waals surface area contributed by atoms with E-state index in [4.69, 9.17) is 28.9 Å². The van der Waals surface area contributed by atoms with Crippen LogP contribution in [0.4, 0.5) is 5.69 Å². The van der Waals surface area contributed by atoms with Crippen LogP contribution in [-0.4, -0.2) is 25.3 Å². The molecule has 1 aromatic rings. The highest BCUT2D eigenvalue weighted by atomic mass is 35.5. The standard InChI is InChI=1S/C12H14Cl2N2O2S/c13-9-3-4-10(11(14)12(9)15)19(17,18)16-6-7-1-2-8(16)5-7/h3-4,7-8H,1-2,5-6,15H2. The van der Waals surface area contributed by atoms with Crippen LogP contribution in [0.5, 0.6) is 0 Å². The van der Waals surface area contributed by atoms with Gasteiger partial charge in [-0.2, -0.15) is 4.31 Å². The Balaban J connectivity index is 2.04. The second kappa shape index (κ2) is 4.52. The number of halogens is 2. The summed E-state index contributed by atoms with van der Waals surface area (Å²) in [6, 6.07) is 3.02. The minimum Gasteiger partial charge on any atom is -0.396 e. The number of sulfonamides is 1. The number of hydrogen-bond donors (Lipinski definition) is 1. The van der Waals surface area contributed by atoms with Gasteiger partial charge in [-0.15, -0.1) is 0 Å². The molecule has 4 nitrogen and oxygen atoms in total. The van der Waals surface area contributed by atoms with E-state index in [2.05, 4.69) is 0 Å². The molecule has 3 rings (SSSR count). The van der Waals surface area contributed by atoms with Crippen molar-refractivity contribution in [2.45, 2.75) is 30.2 Å². The zero-order valence-corrected chi connectivity index (χ0v) is 12.5. The Hall–Kier alpha value is -0.490. The average molecular weight is 321 g/mol. The molecule has 1 aromatic carbocycles. The largest absolute Gasteiger partial charge is 0.396 e. The lowest BCUT2D eigenvalue weighted by molar-refractivity contribution is 0.333. The van der Waals surface area contributed by atoms with Gasteiger partial charge in [-0.1, -0.05) is 23.2 Å². The number of piperidine rings is 1. The van der Waals surface area contributed by atoms with Crippen molar-refractivity contribution in [2.75, 3.05) is 12.3 Å². The molecule has 1 heterocycles. The van der Waals surface area contributed by atoms with E-state index in [1.165, 1.54) is 12.1 Å². The molecule has 2 unspecified atom stereocenters. The maximum absolute atomic E-state index is 12.7. The molecule has 0 aromatic heterocycles. The van der Waals surface area contributed by atoms with E-state index in [-0.39, 0.29) is 26.7 Å². The highest BCUT2D eigenvalue weighted by molar-refractivity contribution is 7.89. The van der Waals surface area contributed by atoms with Gasteiger partial charge >= 0.3 is 0 Å². The third kappa shape index (κ3) is 2.03. The summed E-state index contributed by atoms with van der Waals surface area (Å²) < 4.78 is 26.9. The minimum absolute atomic E-state index is 0.0234. The average Bonchev–Trinajstić information content (AvgIpc) is 2.98. The maximum Gasteiger partial charge on any atom is 0.244 e. The number of nitrogens with two attached hydrogens (primary N) is 1. The first-order chi connectivity index (χ1) is 8.91. The van der Waals surface area contributed by atoms with Gasteiger partial charge in [0.05, 0.1) is 15.7 Å². The molecular formula is C12H14Cl2N2O2S. The van der Waals surface area contributed by atoms with Crippen molar-refractivity contribution in [3.63, 3.8) is 0 Å². The van der Waals surface area contributed by atoms with Crippen molar-refractivity contribution in [1.29, 1.82) is 0 Å². The molecule has 2 atom stereocenters. The zero-order valence-electron chi connectivity index (χ0n) is 10.1. The van der Waals surface area contributed by atoms with Crippen molar-refractivity contribution in [3.8, 4) is 0 Å². The van der Waals surface area contributed by atoms with Gasteiger partial charge in [0.15, 0.2) is 0 Å². The van der Waals surface area contributed by atoms with E-state index in [1.54, 1.807) is 4.31 Å². The lowest BCUT2D eigenvalue weighted by atomic mass is 10.1. The summed E-state index contributed by atoms with van der Waals surface area (Å²) in [5.74, 6) is 0.489. The van der Waals surface area contributed by atoms with Gasteiger partial charge in [0.2, 0.25) is 10.0 Å². The predicted octanol–water partition coefficient (Wildman–Crippen LogP) is 2.75. The zero-order chi connectivity index (χ0) is 13.8. The van der Waals surface area contributed by atoms with Crippen LogP contribution in [0.3, 0.4) is 0 Å². The molecule has 1 saturated carbocycles. The first-order valence-corrected chi connectivity index (χ1v) is 8.36. The summed E-state index contributed by atoms with van der Waals surface area (Å²) in [7, 11) is -3.58. The van der Waals surface area contributed by atoms with Crippen LogP contribution < -0.4 is 5.73 Å². The fourth-order valence-corrected chi connectivity index (χ4v) is 5.53. The van der Waals surface area contributed by atoms with Gasteiger partial charge in [0.25, 0.3) is 0 Å². The molecule has 2 N–H and O–H groups in total. The van der Waals surface area contributed by atoms with Crippen molar-refractivity contribution in [1.82, 2.24) is 4.31 Å². The van der Waals surface area contributed by atoms with Gasteiger partial charge in [-0.05, 0) is 37.3 Å². The summed E-state index contributed by atoms with van der Waals surface area (Å²) >= 11 is 11.9. The monoisotopic (exact) mass is 320 g/mol. The Morgan fingerprint density at radius 3 is 2.58 bits per heavy atom. The molecule has 1 saturated heterocycles. The molecule has 2 fully saturated rings. The highest BCUT2D eigenvalue weighted by Crippen LogP contribution is 2.42. The molecule has 1 aliphatic heterocycles. The molecule has 0 amide bonds. The first-order valence-electron chi connectivity index (χ1n) is 6.16. The lowest BCUT2D eigenvalue weighted by Gasteiger charge is -2.26. The second-order valence-corrected chi connectivity index (χ2v) is 7.82. The SMILES string of the molecule is Nc1c(Cl)ccc(S(=O)(=O)N2CC3CCC2C3)c1Cl. The van der Waals surface area contributed by atoms with E-state index >= 15 is 0 Å². The maximum atomic E-state index is 12.7. The molecule has 0 spiro atoms. The van der Waals surface area contributed by atoms with Crippen LogP contribution in [-0.2, 0) is 10.0 Å². The molecule has 2 aliphatic rings. The smallest absolute Gasteiger partial charge is 0.244 e. The fraction of sp³-hybridized carbons (Fsp3) is 0.500. The quantitative estimate of drug-likeness (QED) is 0.852. The van der Waals surface area contributed by atoms with E-state index < -0.39 is 10.0 Å². The molecule has 0 radical (unpaired) electrons. The summed E-state index contributed by atoms with van der Waals surface area (Å²) in [5, 5.41) is 0.294. The normalized spacial score (nSPS) is 27.1. The number of hydrogen-bond acceptors (Lipinski definition) is 3.